The summed E-state index contributed by atoms with van der Waals surface area (Å²) in [6.45, 7) is 3.90. The number of ether oxygens (including phenoxy) is 2. The van der Waals surface area contributed by atoms with Crippen LogP contribution in [0.5, 0.6) is 5.75 Å². The number of hydrogen-bond donors (Lipinski definition) is 5. The zero-order chi connectivity index (χ0) is 36.8. The van der Waals surface area contributed by atoms with Gasteiger partial charge in [0.2, 0.25) is 15.9 Å². The van der Waals surface area contributed by atoms with Gasteiger partial charge in [0.1, 0.15) is 11.8 Å². The van der Waals surface area contributed by atoms with E-state index in [4.69, 9.17) is 15.2 Å². The normalized spacial score (nSPS) is 12.4. The van der Waals surface area contributed by atoms with Crippen LogP contribution in [0.3, 0.4) is 0 Å². The topological polar surface area (TPSA) is 204 Å². The lowest BCUT2D eigenvalue weighted by Gasteiger charge is -2.25. The van der Waals surface area contributed by atoms with Crippen molar-refractivity contribution >= 4 is 55.8 Å². The molecule has 2 aromatic carbocycles. The fourth-order valence-corrected chi connectivity index (χ4v) is 7.17. The van der Waals surface area contributed by atoms with E-state index in [0.717, 1.165) is 16.9 Å². The molecule has 0 saturated carbocycles. The number of rotatable bonds is 19. The van der Waals surface area contributed by atoms with E-state index < -0.39 is 45.8 Å². The molecule has 0 aliphatic heterocycles. The Kier molecular flexibility index (Phi) is 14.1. The Morgan fingerprint density at radius 3 is 2.35 bits per heavy atom. The molecule has 2 heterocycles. The predicted octanol–water partition coefficient (Wildman–Crippen LogP) is 5.29. The molecule has 0 spiro atoms. The van der Waals surface area contributed by atoms with Crippen LogP contribution >= 0.6 is 11.3 Å². The van der Waals surface area contributed by atoms with Gasteiger partial charge in [0.05, 0.1) is 37.0 Å². The van der Waals surface area contributed by atoms with Crippen molar-refractivity contribution in [1.82, 2.24) is 20.6 Å². The van der Waals surface area contributed by atoms with Gasteiger partial charge in [-0.25, -0.2) is 18.2 Å². The third kappa shape index (κ3) is 12.9. The molecule has 0 unspecified atom stereocenters. The van der Waals surface area contributed by atoms with Crippen molar-refractivity contribution in [3.8, 4) is 17.0 Å². The maximum Gasteiger partial charge on any atom is 0.404 e. The lowest BCUT2D eigenvalue weighted by molar-refractivity contribution is -0.124. The zero-order valence-corrected chi connectivity index (χ0v) is 30.3. The smallest absolute Gasteiger partial charge is 0.404 e. The minimum Gasteiger partial charge on any atom is -0.497 e. The van der Waals surface area contributed by atoms with E-state index in [1.807, 2.05) is 31.4 Å². The Hall–Kier alpha value is -5.22. The number of nitrogens with two attached hydrogens (primary N) is 1. The third-order valence-corrected chi connectivity index (χ3v) is 9.66. The van der Waals surface area contributed by atoms with Gasteiger partial charge < -0.3 is 31.2 Å². The van der Waals surface area contributed by atoms with Crippen LogP contribution in [0.25, 0.3) is 11.3 Å². The first-order valence-corrected chi connectivity index (χ1v) is 18.8. The van der Waals surface area contributed by atoms with E-state index in [2.05, 4.69) is 30.6 Å². The van der Waals surface area contributed by atoms with E-state index in [1.165, 1.54) is 18.4 Å². The number of carbonyl (C=O) groups excluding carboxylic acids is 3. The largest absolute Gasteiger partial charge is 0.497 e. The average Bonchev–Trinajstić information content (AvgIpc) is 3.56. The number of nitrogens with one attached hydrogen (secondary N) is 4. The number of anilines is 3. The summed E-state index contributed by atoms with van der Waals surface area (Å²) in [5.41, 5.74) is 8.08. The van der Waals surface area contributed by atoms with Gasteiger partial charge in [0.15, 0.2) is 5.13 Å². The number of unbranched alkanes of at least 4 members (excludes halogenated alkanes) is 1. The molecule has 0 aliphatic rings. The SMILES string of the molecule is COc1ccc(NS(=O)(=O)C[C@H](CCCCOC(N)=O)NC(=O)[C@H](CC(C)C)NC(=O)c2ccc(-c3csc(Nc4cccnc4)n3)cc2)cc1. The molecule has 3 amide bonds. The van der Waals surface area contributed by atoms with E-state index in [1.54, 1.807) is 60.9 Å². The van der Waals surface area contributed by atoms with Gasteiger partial charge in [-0.1, -0.05) is 26.0 Å². The van der Waals surface area contributed by atoms with Crippen LogP contribution in [0.1, 0.15) is 49.9 Å². The number of amides is 3. The highest BCUT2D eigenvalue weighted by atomic mass is 32.2. The summed E-state index contributed by atoms with van der Waals surface area (Å²) in [5.74, 6) is -0.788. The Morgan fingerprint density at radius 2 is 1.71 bits per heavy atom. The van der Waals surface area contributed by atoms with E-state index in [0.29, 0.717) is 41.4 Å². The number of sulfonamides is 1. The first-order valence-electron chi connectivity index (χ1n) is 16.3. The van der Waals surface area contributed by atoms with Crippen molar-refractivity contribution < 1.29 is 32.3 Å². The lowest BCUT2D eigenvalue weighted by atomic mass is 10.0. The summed E-state index contributed by atoms with van der Waals surface area (Å²) in [4.78, 5) is 46.7. The molecular formula is C35H43N7O7S2. The summed E-state index contributed by atoms with van der Waals surface area (Å²) in [5, 5.41) is 11.5. The number of methoxy groups -OCH3 is 1. The molecule has 2 atom stereocenters. The predicted molar refractivity (Wildman–Crippen MR) is 197 cm³/mol. The quantitative estimate of drug-likeness (QED) is 0.0787. The van der Waals surface area contributed by atoms with Crippen LogP contribution in [-0.4, -0.2) is 67.8 Å². The highest BCUT2D eigenvalue weighted by Crippen LogP contribution is 2.27. The fourth-order valence-electron chi connectivity index (χ4n) is 5.07. The van der Waals surface area contributed by atoms with Gasteiger partial charge in [-0.15, -0.1) is 11.3 Å². The summed E-state index contributed by atoms with van der Waals surface area (Å²) >= 11 is 1.44. The number of benzene rings is 2. The molecule has 2 aromatic heterocycles. The van der Waals surface area contributed by atoms with Crippen LogP contribution in [0.2, 0.25) is 0 Å². The van der Waals surface area contributed by atoms with Gasteiger partial charge in [0, 0.05) is 34.4 Å². The minimum atomic E-state index is -3.92. The zero-order valence-electron chi connectivity index (χ0n) is 28.6. The maximum absolute atomic E-state index is 13.7. The minimum absolute atomic E-state index is 0.0347. The number of hydrogen-bond acceptors (Lipinski definition) is 11. The molecule has 0 aliphatic carbocycles. The van der Waals surface area contributed by atoms with Crippen molar-refractivity contribution in [2.24, 2.45) is 11.7 Å². The highest BCUT2D eigenvalue weighted by Gasteiger charge is 2.27. The molecule has 16 heteroatoms. The molecule has 272 valence electrons. The summed E-state index contributed by atoms with van der Waals surface area (Å²) in [6, 6.07) is 15.3. The molecule has 6 N–H and O–H groups in total. The molecule has 4 rings (SSSR count). The van der Waals surface area contributed by atoms with Crippen molar-refractivity contribution in [2.75, 3.05) is 29.5 Å². The number of thiazole rings is 1. The van der Waals surface area contributed by atoms with Crippen LogP contribution in [-0.2, 0) is 19.6 Å². The molecule has 0 fully saturated rings. The molecular weight excluding hydrogens is 695 g/mol. The number of nitrogens with zero attached hydrogens (tertiary/aromatic N) is 2. The second kappa shape index (κ2) is 18.7. The van der Waals surface area contributed by atoms with E-state index in [9.17, 15) is 22.8 Å². The van der Waals surface area contributed by atoms with Gasteiger partial charge in [-0.2, -0.15) is 0 Å². The summed E-state index contributed by atoms with van der Waals surface area (Å²) < 4.78 is 38.8. The highest BCUT2D eigenvalue weighted by molar-refractivity contribution is 7.92. The number of carbonyl (C=O) groups is 3. The molecule has 14 nitrogen and oxygen atoms in total. The average molecular weight is 738 g/mol. The Bertz CT molecular complexity index is 1840. The number of pyridine rings is 1. The van der Waals surface area contributed by atoms with Gasteiger partial charge in [-0.05, 0) is 80.1 Å². The second-order valence-electron chi connectivity index (χ2n) is 12.1. The summed E-state index contributed by atoms with van der Waals surface area (Å²) in [7, 11) is -2.41. The molecule has 0 saturated heterocycles. The molecule has 0 radical (unpaired) electrons. The third-order valence-electron chi connectivity index (χ3n) is 7.51. The number of primary amides is 1. The molecule has 51 heavy (non-hydrogen) atoms. The van der Waals surface area contributed by atoms with Crippen LogP contribution < -0.4 is 31.1 Å². The first-order chi connectivity index (χ1) is 24.4. The van der Waals surface area contributed by atoms with E-state index >= 15 is 0 Å². The fraction of sp³-hybridized carbons (Fsp3) is 0.343. The lowest BCUT2D eigenvalue weighted by Crippen LogP contribution is -2.51. The van der Waals surface area contributed by atoms with Crippen molar-refractivity contribution in [1.29, 1.82) is 0 Å². The van der Waals surface area contributed by atoms with Crippen LogP contribution in [0, 0.1) is 5.92 Å². The second-order valence-corrected chi connectivity index (χ2v) is 14.7. The Labute approximate surface area is 301 Å². The molecule has 4 aromatic rings. The standard InChI is InChI=1S/C35H43N7O7S2/c1-23(2)19-30(40-32(43)25-11-9-24(10-12-25)31-21-50-35(41-31)39-27-8-6-17-37-20-27)33(44)38-28(7-4-5-18-49-34(36)45)22-51(46,47)42-26-13-15-29(48-3)16-14-26/h6,8-17,20-21,23,28,30,42H,4-5,7,18-19,22H2,1-3H3,(H2,36,45)(H,38,44)(H,39,41)(H,40,43)/t28-,30-/m0/s1. The van der Waals surface area contributed by atoms with Crippen molar-refractivity contribution in [3.05, 3.63) is 84.0 Å². The number of aromatic nitrogens is 2. The Morgan fingerprint density at radius 1 is 0.961 bits per heavy atom. The summed E-state index contributed by atoms with van der Waals surface area (Å²) in [6.07, 6.45) is 3.91. The maximum atomic E-state index is 13.7. The Balaban J connectivity index is 1.42. The first kappa shape index (κ1) is 38.6. The van der Waals surface area contributed by atoms with Crippen LogP contribution in [0.15, 0.2) is 78.4 Å². The van der Waals surface area contributed by atoms with E-state index in [-0.39, 0.29) is 18.9 Å². The van der Waals surface area contributed by atoms with Crippen LogP contribution in [0.4, 0.5) is 21.3 Å². The van der Waals surface area contributed by atoms with Gasteiger partial charge >= 0.3 is 6.09 Å². The van der Waals surface area contributed by atoms with Crippen molar-refractivity contribution in [2.45, 2.75) is 51.6 Å². The monoisotopic (exact) mass is 737 g/mol. The van der Waals surface area contributed by atoms with Gasteiger partial charge in [-0.3, -0.25) is 19.3 Å². The van der Waals surface area contributed by atoms with Crippen molar-refractivity contribution in [3.63, 3.8) is 0 Å². The molecule has 0 bridgehead atoms. The van der Waals surface area contributed by atoms with Gasteiger partial charge in [0.25, 0.3) is 5.91 Å².